The molecule has 3 aromatic rings. The third kappa shape index (κ3) is 5.52. The summed E-state index contributed by atoms with van der Waals surface area (Å²) in [5, 5.41) is 4.15. The first-order chi connectivity index (χ1) is 14.5. The Morgan fingerprint density at radius 1 is 1.07 bits per heavy atom. The molecule has 1 heterocycles. The molecule has 0 aliphatic rings. The number of benzene rings is 2. The Labute approximate surface area is 181 Å². The molecule has 5 nitrogen and oxygen atoms in total. The molecule has 30 heavy (non-hydrogen) atoms. The van der Waals surface area contributed by atoms with Gasteiger partial charge in [0.15, 0.2) is 11.5 Å². The first-order valence-corrected chi connectivity index (χ1v) is 10.5. The van der Waals surface area contributed by atoms with E-state index in [0.29, 0.717) is 29.6 Å². The molecule has 160 valence electrons. The lowest BCUT2D eigenvalue weighted by Crippen LogP contribution is -2.25. The quantitative estimate of drug-likeness (QED) is 0.405. The van der Waals surface area contributed by atoms with Crippen LogP contribution in [0.4, 0.5) is 15.9 Å². The van der Waals surface area contributed by atoms with Gasteiger partial charge in [-0.25, -0.2) is 9.37 Å². The molecule has 7 heteroatoms. The minimum Gasteiger partial charge on any atom is -0.493 e. The molecule has 0 aliphatic carbocycles. The number of rotatable bonds is 10. The Balaban J connectivity index is 1.76. The van der Waals surface area contributed by atoms with Crippen LogP contribution in [0.25, 0.3) is 10.9 Å². The number of methoxy groups -OCH3 is 1. The summed E-state index contributed by atoms with van der Waals surface area (Å²) in [5.74, 6) is 1.52. The SMILES string of the molecule is CCN(CC)CCCOc1cc2nc(Nc3ccc(F)c(Cl)c3)ccc2cc1OC. The Morgan fingerprint density at radius 2 is 1.87 bits per heavy atom. The molecule has 2 aromatic carbocycles. The molecule has 0 amide bonds. The van der Waals surface area contributed by atoms with E-state index in [-0.39, 0.29) is 5.02 Å². The maximum absolute atomic E-state index is 13.4. The van der Waals surface area contributed by atoms with Crippen molar-refractivity contribution in [1.29, 1.82) is 0 Å². The minimum atomic E-state index is -0.455. The van der Waals surface area contributed by atoms with E-state index < -0.39 is 5.82 Å². The zero-order valence-electron chi connectivity index (χ0n) is 17.5. The van der Waals surface area contributed by atoms with Crippen molar-refractivity contribution in [2.45, 2.75) is 20.3 Å². The highest BCUT2D eigenvalue weighted by molar-refractivity contribution is 6.31. The lowest BCUT2D eigenvalue weighted by Gasteiger charge is -2.18. The largest absolute Gasteiger partial charge is 0.493 e. The number of hydrogen-bond donors (Lipinski definition) is 1. The van der Waals surface area contributed by atoms with Crippen molar-refractivity contribution in [3.63, 3.8) is 0 Å². The Hall–Kier alpha value is -2.57. The fourth-order valence-corrected chi connectivity index (χ4v) is 3.39. The van der Waals surface area contributed by atoms with Gasteiger partial charge in [0.1, 0.15) is 11.6 Å². The second-order valence-electron chi connectivity index (χ2n) is 6.88. The van der Waals surface area contributed by atoms with Gasteiger partial charge in [0.05, 0.1) is 24.3 Å². The van der Waals surface area contributed by atoms with Crippen LogP contribution in [-0.2, 0) is 0 Å². The highest BCUT2D eigenvalue weighted by Crippen LogP contribution is 2.33. The van der Waals surface area contributed by atoms with Gasteiger partial charge in [-0.1, -0.05) is 25.4 Å². The predicted octanol–water partition coefficient (Wildman–Crippen LogP) is 5.89. The Kier molecular flexibility index (Phi) is 7.71. The zero-order chi connectivity index (χ0) is 21.5. The Bertz CT molecular complexity index is 996. The molecule has 0 bridgehead atoms. The van der Waals surface area contributed by atoms with Crippen molar-refractivity contribution in [3.05, 3.63) is 53.3 Å². The lowest BCUT2D eigenvalue weighted by molar-refractivity contribution is 0.243. The molecular weight excluding hydrogens is 405 g/mol. The van der Waals surface area contributed by atoms with Gasteiger partial charge in [0.25, 0.3) is 0 Å². The summed E-state index contributed by atoms with van der Waals surface area (Å²) in [6.07, 6.45) is 0.934. The van der Waals surface area contributed by atoms with Crippen molar-refractivity contribution in [3.8, 4) is 11.5 Å². The molecule has 1 N–H and O–H groups in total. The molecular formula is C23H27ClFN3O2. The van der Waals surface area contributed by atoms with Gasteiger partial charge in [0.2, 0.25) is 0 Å². The smallest absolute Gasteiger partial charge is 0.163 e. The molecule has 0 spiro atoms. The number of nitrogens with one attached hydrogen (secondary N) is 1. The topological polar surface area (TPSA) is 46.6 Å². The first-order valence-electron chi connectivity index (χ1n) is 10.1. The molecule has 0 aliphatic heterocycles. The van der Waals surface area contributed by atoms with Crippen molar-refractivity contribution in [1.82, 2.24) is 9.88 Å². The van der Waals surface area contributed by atoms with E-state index in [1.165, 1.54) is 12.1 Å². The van der Waals surface area contributed by atoms with Gasteiger partial charge in [0, 0.05) is 23.7 Å². The van der Waals surface area contributed by atoms with E-state index in [9.17, 15) is 4.39 Å². The van der Waals surface area contributed by atoms with Crippen molar-refractivity contribution in [2.24, 2.45) is 0 Å². The third-order valence-electron chi connectivity index (χ3n) is 4.94. The number of halogens is 2. The van der Waals surface area contributed by atoms with Crippen LogP contribution in [0.2, 0.25) is 5.02 Å². The summed E-state index contributed by atoms with van der Waals surface area (Å²) < 4.78 is 24.9. The Morgan fingerprint density at radius 3 is 2.57 bits per heavy atom. The van der Waals surface area contributed by atoms with Gasteiger partial charge in [-0.2, -0.15) is 0 Å². The summed E-state index contributed by atoms with van der Waals surface area (Å²) in [7, 11) is 1.63. The monoisotopic (exact) mass is 431 g/mol. The van der Waals surface area contributed by atoms with E-state index in [0.717, 1.165) is 37.0 Å². The van der Waals surface area contributed by atoms with Crippen LogP contribution in [0.3, 0.4) is 0 Å². The van der Waals surface area contributed by atoms with Crippen LogP contribution >= 0.6 is 11.6 Å². The minimum absolute atomic E-state index is 0.0610. The summed E-state index contributed by atoms with van der Waals surface area (Å²) >= 11 is 5.86. The van der Waals surface area contributed by atoms with Gasteiger partial charge in [-0.15, -0.1) is 0 Å². The number of ether oxygens (including phenoxy) is 2. The van der Waals surface area contributed by atoms with Crippen molar-refractivity contribution >= 4 is 34.0 Å². The van der Waals surface area contributed by atoms with Gasteiger partial charge >= 0.3 is 0 Å². The van der Waals surface area contributed by atoms with Crippen LogP contribution in [0.1, 0.15) is 20.3 Å². The second-order valence-corrected chi connectivity index (χ2v) is 7.28. The van der Waals surface area contributed by atoms with Crippen molar-refractivity contribution < 1.29 is 13.9 Å². The molecule has 1 aromatic heterocycles. The van der Waals surface area contributed by atoms with E-state index in [1.807, 2.05) is 24.3 Å². The van der Waals surface area contributed by atoms with Crippen LogP contribution in [0, 0.1) is 5.82 Å². The first kappa shape index (κ1) is 22.1. The average Bonchev–Trinajstić information content (AvgIpc) is 2.76. The molecule has 3 rings (SSSR count). The maximum Gasteiger partial charge on any atom is 0.163 e. The number of anilines is 2. The van der Waals surface area contributed by atoms with Crippen LogP contribution in [0.15, 0.2) is 42.5 Å². The van der Waals surface area contributed by atoms with E-state index in [4.69, 9.17) is 21.1 Å². The summed E-state index contributed by atoms with van der Waals surface area (Å²) in [6.45, 7) is 7.99. The van der Waals surface area contributed by atoms with Gasteiger partial charge in [-0.05, 0) is 55.9 Å². The fourth-order valence-electron chi connectivity index (χ4n) is 3.20. The molecule has 0 atom stereocenters. The average molecular weight is 432 g/mol. The number of pyridine rings is 1. The third-order valence-corrected chi connectivity index (χ3v) is 5.23. The number of aromatic nitrogens is 1. The van der Waals surface area contributed by atoms with E-state index in [2.05, 4.69) is 29.0 Å². The summed E-state index contributed by atoms with van der Waals surface area (Å²) in [5.41, 5.74) is 1.43. The van der Waals surface area contributed by atoms with Crippen LogP contribution < -0.4 is 14.8 Å². The molecule has 0 radical (unpaired) electrons. The fraction of sp³-hybridized carbons (Fsp3) is 0.348. The second kappa shape index (κ2) is 10.5. The highest BCUT2D eigenvalue weighted by Gasteiger charge is 2.10. The molecule has 0 saturated heterocycles. The van der Waals surface area contributed by atoms with Crippen LogP contribution in [-0.4, -0.2) is 43.2 Å². The highest BCUT2D eigenvalue weighted by atomic mass is 35.5. The van der Waals surface area contributed by atoms with Crippen LogP contribution in [0.5, 0.6) is 11.5 Å². The standard InChI is InChI=1S/C23H27ClFN3O2/c1-4-28(5-2)11-6-12-30-22-15-20-16(13-21(22)29-3)7-10-23(27-20)26-17-8-9-19(25)18(24)14-17/h7-10,13-15H,4-6,11-12H2,1-3H3,(H,26,27). The number of fused-ring (bicyclic) bond motifs is 1. The zero-order valence-corrected chi connectivity index (χ0v) is 18.3. The van der Waals surface area contributed by atoms with E-state index >= 15 is 0 Å². The number of hydrogen-bond acceptors (Lipinski definition) is 5. The van der Waals surface area contributed by atoms with Gasteiger partial charge < -0.3 is 19.7 Å². The maximum atomic E-state index is 13.4. The van der Waals surface area contributed by atoms with Gasteiger partial charge in [-0.3, -0.25) is 0 Å². The number of nitrogens with zero attached hydrogens (tertiary/aromatic N) is 2. The molecule has 0 saturated carbocycles. The molecule has 0 unspecified atom stereocenters. The summed E-state index contributed by atoms with van der Waals surface area (Å²) in [6, 6.07) is 12.1. The molecule has 0 fully saturated rings. The normalized spacial score (nSPS) is 11.1. The van der Waals surface area contributed by atoms with E-state index in [1.54, 1.807) is 13.2 Å². The predicted molar refractivity (Wildman–Crippen MR) is 121 cm³/mol. The summed E-state index contributed by atoms with van der Waals surface area (Å²) in [4.78, 5) is 7.01. The van der Waals surface area contributed by atoms with Crippen molar-refractivity contribution in [2.75, 3.05) is 38.7 Å². The lowest BCUT2D eigenvalue weighted by atomic mass is 10.2.